The van der Waals surface area contributed by atoms with Gasteiger partial charge in [0.1, 0.15) is 0 Å². The highest BCUT2D eigenvalue weighted by molar-refractivity contribution is 5.79. The van der Waals surface area contributed by atoms with Crippen LogP contribution in [0.4, 0.5) is 0 Å². The average Bonchev–Trinajstić information content (AvgIpc) is 2.62. The highest BCUT2D eigenvalue weighted by Crippen LogP contribution is 2.31. The molecule has 25 heavy (non-hydrogen) atoms. The lowest BCUT2D eigenvalue weighted by Gasteiger charge is -2.20. The van der Waals surface area contributed by atoms with Crippen molar-refractivity contribution in [2.24, 2.45) is 11.8 Å². The molecule has 2 N–H and O–H groups in total. The zero-order chi connectivity index (χ0) is 18.2. The molecule has 0 saturated carbocycles. The first-order valence-corrected chi connectivity index (χ1v) is 8.56. The van der Waals surface area contributed by atoms with Gasteiger partial charge in [0.2, 0.25) is 0 Å². The Balaban J connectivity index is 2.10. The second kappa shape index (κ2) is 9.02. The molecule has 0 radical (unpaired) electrons. The summed E-state index contributed by atoms with van der Waals surface area (Å²) in [5.41, 5.74) is 2.37. The van der Waals surface area contributed by atoms with Crippen LogP contribution in [-0.4, -0.2) is 22.2 Å². The van der Waals surface area contributed by atoms with Crippen molar-refractivity contribution in [1.29, 1.82) is 0 Å². The molecule has 0 bridgehead atoms. The number of carbonyl (C=O) groups is 2. The van der Waals surface area contributed by atoms with Crippen molar-refractivity contribution < 1.29 is 19.8 Å². The third kappa shape index (κ3) is 5.18. The molecular formula is C21H24O4. The van der Waals surface area contributed by atoms with Gasteiger partial charge in [-0.15, -0.1) is 0 Å². The Morgan fingerprint density at radius 1 is 0.800 bits per heavy atom. The van der Waals surface area contributed by atoms with Crippen molar-refractivity contribution in [3.63, 3.8) is 0 Å². The summed E-state index contributed by atoms with van der Waals surface area (Å²) in [6.07, 6.45) is 1.80. The van der Waals surface area contributed by atoms with Crippen LogP contribution in [0.3, 0.4) is 0 Å². The average molecular weight is 340 g/mol. The topological polar surface area (TPSA) is 74.6 Å². The summed E-state index contributed by atoms with van der Waals surface area (Å²) in [5, 5.41) is 18.4. The van der Waals surface area contributed by atoms with Crippen LogP contribution >= 0.6 is 0 Å². The van der Waals surface area contributed by atoms with Crippen LogP contribution in [0.1, 0.15) is 43.2 Å². The van der Waals surface area contributed by atoms with Gasteiger partial charge in [0, 0.05) is 5.92 Å². The third-order valence-electron chi connectivity index (χ3n) is 4.72. The quantitative estimate of drug-likeness (QED) is 0.709. The predicted molar refractivity (Wildman–Crippen MR) is 96.5 cm³/mol. The van der Waals surface area contributed by atoms with E-state index in [1.165, 1.54) is 18.1 Å². The van der Waals surface area contributed by atoms with Crippen LogP contribution < -0.4 is 0 Å². The van der Waals surface area contributed by atoms with Gasteiger partial charge in [-0.25, -0.2) is 0 Å². The van der Waals surface area contributed by atoms with Crippen molar-refractivity contribution in [2.45, 2.75) is 32.1 Å². The van der Waals surface area contributed by atoms with Crippen molar-refractivity contribution in [1.82, 2.24) is 0 Å². The summed E-state index contributed by atoms with van der Waals surface area (Å²) in [4.78, 5) is 22.5. The van der Waals surface area contributed by atoms with E-state index in [2.05, 4.69) is 24.3 Å². The van der Waals surface area contributed by atoms with Crippen LogP contribution in [0.25, 0.3) is 0 Å². The molecule has 132 valence electrons. The molecule has 0 aliphatic heterocycles. The monoisotopic (exact) mass is 340 g/mol. The molecule has 2 atom stereocenters. The number of hydrogen-bond donors (Lipinski definition) is 2. The zero-order valence-electron chi connectivity index (χ0n) is 14.3. The molecule has 0 amide bonds. The molecular weight excluding hydrogens is 316 g/mol. The fourth-order valence-corrected chi connectivity index (χ4v) is 3.20. The molecule has 2 rings (SSSR count). The number of carboxylic acid groups (broad SMARTS) is 2. The van der Waals surface area contributed by atoms with Gasteiger partial charge in [-0.05, 0) is 24.0 Å². The third-order valence-corrected chi connectivity index (χ3v) is 4.72. The summed E-state index contributed by atoms with van der Waals surface area (Å²) in [6, 6.07) is 20.2. The summed E-state index contributed by atoms with van der Waals surface area (Å²) in [7, 11) is 0. The highest BCUT2D eigenvalue weighted by atomic mass is 16.4. The van der Waals surface area contributed by atoms with Gasteiger partial charge in [0.15, 0.2) is 0 Å². The smallest absolute Gasteiger partial charge is 0.307 e. The molecule has 1 unspecified atom stereocenters. The first-order chi connectivity index (χ1) is 12.0. The van der Waals surface area contributed by atoms with Crippen molar-refractivity contribution in [3.8, 4) is 0 Å². The second-order valence-electron chi connectivity index (χ2n) is 6.38. The van der Waals surface area contributed by atoms with Gasteiger partial charge in [-0.3, -0.25) is 9.59 Å². The number of rotatable bonds is 9. The summed E-state index contributed by atoms with van der Waals surface area (Å²) >= 11 is 0. The first-order valence-electron chi connectivity index (χ1n) is 8.56. The lowest BCUT2D eigenvalue weighted by atomic mass is 9.83. The summed E-state index contributed by atoms with van der Waals surface area (Å²) < 4.78 is 0. The Hall–Kier alpha value is -2.62. The molecule has 0 spiro atoms. The Kier molecular flexibility index (Phi) is 6.75. The Morgan fingerprint density at radius 2 is 1.28 bits per heavy atom. The minimum absolute atomic E-state index is 0.178. The number of hydrogen-bond acceptors (Lipinski definition) is 2. The molecule has 0 aliphatic rings. The van der Waals surface area contributed by atoms with E-state index in [9.17, 15) is 14.7 Å². The van der Waals surface area contributed by atoms with Crippen LogP contribution in [0.5, 0.6) is 0 Å². The number of aliphatic carboxylic acids is 2. The van der Waals surface area contributed by atoms with Crippen LogP contribution in [-0.2, 0) is 9.59 Å². The normalized spacial score (nSPS) is 13.4. The van der Waals surface area contributed by atoms with E-state index in [-0.39, 0.29) is 5.92 Å². The highest BCUT2D eigenvalue weighted by Gasteiger charge is 2.29. The Bertz CT molecular complexity index is 642. The standard InChI is InChI=1S/C21H24O4/c1-15(20(22)23)18(21(24)25)13-8-14-19(16-9-4-2-5-10-16)17-11-6-3-7-12-17/h2-7,9-12,15,18-19H,8,13-14H2,1H3,(H,22,23)(H,24,25)/t15?,18-/m1/s1. The van der Waals surface area contributed by atoms with Crippen LogP contribution in [0.15, 0.2) is 60.7 Å². The lowest BCUT2D eigenvalue weighted by molar-refractivity contribution is -0.153. The van der Waals surface area contributed by atoms with Gasteiger partial charge >= 0.3 is 11.9 Å². The van der Waals surface area contributed by atoms with Crippen molar-refractivity contribution >= 4 is 11.9 Å². The fraction of sp³-hybridized carbons (Fsp3) is 0.333. The molecule has 0 heterocycles. The molecule has 4 heteroatoms. The number of carboxylic acids is 2. The SMILES string of the molecule is CC(C(=O)O)[C@@H](CCCC(c1ccccc1)c1ccccc1)C(=O)O. The van der Waals surface area contributed by atoms with E-state index in [0.29, 0.717) is 12.8 Å². The summed E-state index contributed by atoms with van der Waals surface area (Å²) in [5.74, 6) is -3.66. The molecule has 4 nitrogen and oxygen atoms in total. The number of benzene rings is 2. The molecule has 0 fully saturated rings. The van der Waals surface area contributed by atoms with Gasteiger partial charge in [0.05, 0.1) is 11.8 Å². The van der Waals surface area contributed by atoms with E-state index >= 15 is 0 Å². The van der Waals surface area contributed by atoms with Crippen LogP contribution in [0, 0.1) is 11.8 Å². The van der Waals surface area contributed by atoms with Gasteiger partial charge in [0.25, 0.3) is 0 Å². The van der Waals surface area contributed by atoms with E-state index in [1.807, 2.05) is 36.4 Å². The van der Waals surface area contributed by atoms with E-state index in [0.717, 1.165) is 6.42 Å². The molecule has 2 aromatic carbocycles. The van der Waals surface area contributed by atoms with Crippen molar-refractivity contribution in [3.05, 3.63) is 71.8 Å². The van der Waals surface area contributed by atoms with E-state index < -0.39 is 23.8 Å². The van der Waals surface area contributed by atoms with E-state index in [1.54, 1.807) is 0 Å². The molecule has 0 aromatic heterocycles. The summed E-state index contributed by atoms with van der Waals surface area (Å²) in [6.45, 7) is 1.47. The lowest BCUT2D eigenvalue weighted by Crippen LogP contribution is -2.27. The maximum Gasteiger partial charge on any atom is 0.307 e. The van der Waals surface area contributed by atoms with Crippen LogP contribution in [0.2, 0.25) is 0 Å². The zero-order valence-corrected chi connectivity index (χ0v) is 14.3. The molecule has 2 aromatic rings. The minimum atomic E-state index is -1.06. The minimum Gasteiger partial charge on any atom is -0.481 e. The first kappa shape index (κ1) is 18.7. The van der Waals surface area contributed by atoms with Gasteiger partial charge in [-0.2, -0.15) is 0 Å². The second-order valence-corrected chi connectivity index (χ2v) is 6.38. The molecule has 0 saturated heterocycles. The fourth-order valence-electron chi connectivity index (χ4n) is 3.20. The predicted octanol–water partition coefficient (Wildman–Crippen LogP) is 4.41. The molecule has 0 aliphatic carbocycles. The largest absolute Gasteiger partial charge is 0.481 e. The van der Waals surface area contributed by atoms with Gasteiger partial charge < -0.3 is 10.2 Å². The Labute approximate surface area is 148 Å². The van der Waals surface area contributed by atoms with E-state index in [4.69, 9.17) is 5.11 Å². The maximum atomic E-state index is 11.4. The maximum absolute atomic E-state index is 11.4. The Morgan fingerprint density at radius 3 is 1.68 bits per heavy atom. The van der Waals surface area contributed by atoms with Crippen molar-refractivity contribution in [2.75, 3.05) is 0 Å². The van der Waals surface area contributed by atoms with Gasteiger partial charge in [-0.1, -0.05) is 74.0 Å².